The summed E-state index contributed by atoms with van der Waals surface area (Å²) in [7, 11) is 0. The van der Waals surface area contributed by atoms with E-state index in [1.54, 1.807) is 19.1 Å². The van der Waals surface area contributed by atoms with Gasteiger partial charge in [-0.3, -0.25) is 4.52 Å². The van der Waals surface area contributed by atoms with Crippen molar-refractivity contribution in [2.24, 2.45) is 0 Å². The molecule has 0 spiro atoms. The smallest absolute Gasteiger partial charge is 0.440 e. The molecule has 2 rings (SSSR count). The zero-order valence-corrected chi connectivity index (χ0v) is 20.7. The monoisotopic (exact) mass is 586 g/mol. The minimum Gasteiger partial charge on any atom is -0.457 e. The van der Waals surface area contributed by atoms with Crippen LogP contribution in [0, 0.1) is 0 Å². The van der Waals surface area contributed by atoms with Crippen LogP contribution in [0.1, 0.15) is 20.3 Å². The van der Waals surface area contributed by atoms with Crippen molar-refractivity contribution in [1.29, 1.82) is 0 Å². The van der Waals surface area contributed by atoms with Crippen molar-refractivity contribution in [2.45, 2.75) is 20.3 Å². The van der Waals surface area contributed by atoms with E-state index in [2.05, 4.69) is 47.8 Å². The van der Waals surface area contributed by atoms with Crippen LogP contribution in [0.3, 0.4) is 0 Å². The minimum absolute atomic E-state index is 0.313. The van der Waals surface area contributed by atoms with Crippen LogP contribution in [0.5, 0.6) is 17.2 Å². The molecule has 0 bridgehead atoms. The van der Waals surface area contributed by atoms with Crippen molar-refractivity contribution >= 4 is 66.0 Å². The van der Waals surface area contributed by atoms with Crippen molar-refractivity contribution in [3.05, 3.63) is 49.8 Å². The Balaban J connectivity index is 2.22. The molecule has 0 amide bonds. The van der Waals surface area contributed by atoms with E-state index in [0.717, 1.165) is 10.9 Å². The molecule has 0 saturated carbocycles. The maximum atomic E-state index is 12.9. The Morgan fingerprint density at radius 3 is 2.15 bits per heavy atom. The molecule has 0 heterocycles. The molecule has 0 aliphatic carbocycles. The lowest BCUT2D eigenvalue weighted by molar-refractivity contribution is 0.295. The number of rotatable bonds is 9. The lowest BCUT2D eigenvalue weighted by Gasteiger charge is -2.19. The summed E-state index contributed by atoms with van der Waals surface area (Å²) in [6, 6.07) is 11.1. The molecule has 142 valence electrons. The average Bonchev–Trinajstić information content (AvgIpc) is 2.59. The van der Waals surface area contributed by atoms with E-state index in [1.807, 2.05) is 31.2 Å². The van der Waals surface area contributed by atoms with E-state index in [0.29, 0.717) is 38.6 Å². The van der Waals surface area contributed by atoms with Crippen LogP contribution in [0.15, 0.2) is 49.8 Å². The van der Waals surface area contributed by atoms with Crippen LogP contribution in [0.2, 0.25) is 0 Å². The van der Waals surface area contributed by atoms with Gasteiger partial charge >= 0.3 is 6.80 Å². The topological polar surface area (TPSA) is 44.8 Å². The molecule has 1 atom stereocenters. The molecule has 0 fully saturated rings. The molecule has 0 saturated heterocycles. The van der Waals surface area contributed by atoms with Gasteiger partial charge in [0.15, 0.2) is 5.75 Å². The molecule has 0 radical (unpaired) electrons. The van der Waals surface area contributed by atoms with Gasteiger partial charge in [0.2, 0.25) is 0 Å². The Hall–Kier alpha value is 0.0200. The maximum absolute atomic E-state index is 12.9. The zero-order valence-electron chi connectivity index (χ0n) is 14.2. The van der Waals surface area contributed by atoms with Gasteiger partial charge in [-0.15, -0.1) is 0 Å². The zero-order chi connectivity index (χ0) is 19.2. The van der Waals surface area contributed by atoms with E-state index < -0.39 is 6.80 Å². The third kappa shape index (κ3) is 6.57. The molecule has 0 aromatic heterocycles. The summed E-state index contributed by atoms with van der Waals surface area (Å²) < 4.78 is 32.1. The standard InChI is InChI=1S/C17H18Br3O4PS/c1-3-9-26-25(21,22-4-2)24-17-15(19)10-14(11-16(17)20)23-13-7-5-12(18)6-8-13/h5-8,10-11H,3-4,9H2,1-2H3. The molecule has 9 heteroatoms. The maximum Gasteiger partial charge on any atom is 0.440 e. The first-order valence-corrected chi connectivity index (χ1v) is 13.4. The summed E-state index contributed by atoms with van der Waals surface area (Å²) in [4.78, 5) is 0. The molecule has 2 aromatic carbocycles. The second-order valence-corrected chi connectivity index (χ2v) is 11.8. The summed E-state index contributed by atoms with van der Waals surface area (Å²) in [5, 5.41) is 0. The minimum atomic E-state index is -3.29. The summed E-state index contributed by atoms with van der Waals surface area (Å²) in [5.74, 6) is 2.44. The fourth-order valence-corrected chi connectivity index (χ4v) is 7.17. The Labute approximate surface area is 183 Å². The van der Waals surface area contributed by atoms with Gasteiger partial charge in [-0.25, -0.2) is 4.57 Å². The van der Waals surface area contributed by atoms with E-state index in [-0.39, 0.29) is 0 Å². The molecule has 2 aromatic rings. The van der Waals surface area contributed by atoms with E-state index in [4.69, 9.17) is 13.8 Å². The first-order chi connectivity index (χ1) is 12.4. The number of hydrogen-bond donors (Lipinski definition) is 0. The summed E-state index contributed by atoms with van der Waals surface area (Å²) in [6.07, 6.45) is 0.882. The van der Waals surface area contributed by atoms with Gasteiger partial charge in [0.25, 0.3) is 0 Å². The van der Waals surface area contributed by atoms with E-state index >= 15 is 0 Å². The first-order valence-electron chi connectivity index (χ1n) is 7.88. The predicted octanol–water partition coefficient (Wildman–Crippen LogP) is 8.43. The molecular weight excluding hydrogens is 571 g/mol. The summed E-state index contributed by atoms with van der Waals surface area (Å²) in [5.41, 5.74) is 0. The Morgan fingerprint density at radius 1 is 1.00 bits per heavy atom. The third-order valence-corrected chi connectivity index (χ3v) is 8.60. The van der Waals surface area contributed by atoms with Crippen molar-refractivity contribution in [2.75, 3.05) is 12.4 Å². The lowest BCUT2D eigenvalue weighted by Crippen LogP contribution is -1.98. The largest absolute Gasteiger partial charge is 0.457 e. The second-order valence-electron chi connectivity index (χ2n) is 5.06. The Bertz CT molecular complexity index is 763. The predicted molar refractivity (Wildman–Crippen MR) is 119 cm³/mol. The van der Waals surface area contributed by atoms with Crippen molar-refractivity contribution < 1.29 is 18.3 Å². The highest BCUT2D eigenvalue weighted by atomic mass is 79.9. The molecular formula is C17H18Br3O4PS. The van der Waals surface area contributed by atoms with Crippen LogP contribution in [-0.4, -0.2) is 12.4 Å². The number of ether oxygens (including phenoxy) is 1. The number of benzene rings is 2. The normalized spacial score (nSPS) is 13.3. The fourth-order valence-electron chi connectivity index (χ4n) is 1.88. The fraction of sp³-hybridized carbons (Fsp3) is 0.294. The quantitative estimate of drug-likeness (QED) is 0.275. The van der Waals surface area contributed by atoms with Crippen LogP contribution >= 0.6 is 66.0 Å². The Kier molecular flexibility index (Phi) is 9.04. The van der Waals surface area contributed by atoms with Crippen molar-refractivity contribution in [3.8, 4) is 17.2 Å². The van der Waals surface area contributed by atoms with Gasteiger partial charge in [0.1, 0.15) is 11.5 Å². The van der Waals surface area contributed by atoms with Crippen LogP contribution in [0.25, 0.3) is 0 Å². The molecule has 4 nitrogen and oxygen atoms in total. The first kappa shape index (κ1) is 22.3. The van der Waals surface area contributed by atoms with Gasteiger partial charge in [0, 0.05) is 10.2 Å². The number of halogens is 3. The third-order valence-electron chi connectivity index (χ3n) is 2.96. The van der Waals surface area contributed by atoms with Crippen LogP contribution in [0.4, 0.5) is 0 Å². The van der Waals surface area contributed by atoms with E-state index in [1.165, 1.54) is 11.4 Å². The highest BCUT2D eigenvalue weighted by Crippen LogP contribution is 2.62. The summed E-state index contributed by atoms with van der Waals surface area (Å²) >= 11 is 11.5. The summed E-state index contributed by atoms with van der Waals surface area (Å²) in [6.45, 7) is 0.836. The average molecular weight is 589 g/mol. The lowest BCUT2D eigenvalue weighted by atomic mass is 10.3. The second kappa shape index (κ2) is 10.5. The molecule has 0 N–H and O–H groups in total. The van der Waals surface area contributed by atoms with Gasteiger partial charge in [-0.05, 0) is 93.0 Å². The SMILES string of the molecule is CCCSP(=O)(OCC)Oc1c(Br)cc(Oc2ccc(Br)cc2)cc1Br. The highest BCUT2D eigenvalue weighted by Gasteiger charge is 2.28. The van der Waals surface area contributed by atoms with Gasteiger partial charge in [-0.2, -0.15) is 0 Å². The van der Waals surface area contributed by atoms with Crippen LogP contribution in [-0.2, 0) is 9.09 Å². The van der Waals surface area contributed by atoms with Crippen molar-refractivity contribution in [3.63, 3.8) is 0 Å². The molecule has 0 aliphatic rings. The molecule has 1 unspecified atom stereocenters. The number of hydrogen-bond acceptors (Lipinski definition) is 5. The van der Waals surface area contributed by atoms with Gasteiger partial charge in [0.05, 0.1) is 15.6 Å². The Morgan fingerprint density at radius 2 is 1.62 bits per heavy atom. The highest BCUT2D eigenvalue weighted by molar-refractivity contribution is 9.11. The van der Waals surface area contributed by atoms with Gasteiger partial charge in [-0.1, -0.05) is 22.9 Å². The molecule has 0 aliphatic heterocycles. The van der Waals surface area contributed by atoms with Gasteiger partial charge < -0.3 is 9.26 Å². The van der Waals surface area contributed by atoms with Crippen LogP contribution < -0.4 is 9.26 Å². The molecule has 26 heavy (non-hydrogen) atoms. The van der Waals surface area contributed by atoms with E-state index in [9.17, 15) is 4.57 Å². The van der Waals surface area contributed by atoms with Crippen molar-refractivity contribution in [1.82, 2.24) is 0 Å².